The Labute approximate surface area is 189 Å². The summed E-state index contributed by atoms with van der Waals surface area (Å²) in [5.41, 5.74) is 4.12. The normalized spacial score (nSPS) is 14.9. The van der Waals surface area contributed by atoms with Crippen LogP contribution in [0.4, 0.5) is 10.1 Å². The molecule has 0 saturated carbocycles. The van der Waals surface area contributed by atoms with E-state index in [1.165, 1.54) is 12.1 Å². The summed E-state index contributed by atoms with van der Waals surface area (Å²) in [5.74, 6) is -1.10. The Kier molecular flexibility index (Phi) is 5.22. The first-order valence-corrected chi connectivity index (χ1v) is 10.6. The van der Waals surface area contributed by atoms with Crippen molar-refractivity contribution in [2.24, 2.45) is 0 Å². The minimum atomic E-state index is -0.592. The highest BCUT2D eigenvalue weighted by atomic mass is 19.1. The van der Waals surface area contributed by atoms with Crippen molar-refractivity contribution >= 4 is 17.6 Å². The fraction of sp³-hybridized carbons (Fsp3) is 0.115. The number of amides is 1. The average Bonchev–Trinajstić information content (AvgIpc) is 3.39. The number of aromatic nitrogens is 2. The number of nitrogens with one attached hydrogen (secondary N) is 1. The molecule has 0 aliphatic carbocycles. The minimum absolute atomic E-state index is 0.275. The molecule has 5 rings (SSSR count). The lowest BCUT2D eigenvalue weighted by molar-refractivity contribution is 0.0526. The molecular formula is C26H20FN3O3. The average molecular weight is 441 g/mol. The van der Waals surface area contributed by atoms with Gasteiger partial charge in [0.2, 0.25) is 0 Å². The third-order valence-electron chi connectivity index (χ3n) is 5.64. The number of benzene rings is 3. The zero-order chi connectivity index (χ0) is 22.9. The molecule has 3 aromatic carbocycles. The van der Waals surface area contributed by atoms with E-state index in [1.807, 2.05) is 30.3 Å². The number of ether oxygens (including phenoxy) is 1. The smallest absolute Gasteiger partial charge is 0.338 e. The van der Waals surface area contributed by atoms with Crippen molar-refractivity contribution in [1.29, 1.82) is 0 Å². The molecule has 0 bridgehead atoms. The highest BCUT2D eigenvalue weighted by Crippen LogP contribution is 2.45. The predicted molar refractivity (Wildman–Crippen MR) is 121 cm³/mol. The summed E-state index contributed by atoms with van der Waals surface area (Å²) in [5, 5.41) is 7.30. The summed E-state index contributed by atoms with van der Waals surface area (Å²) >= 11 is 0. The molecule has 1 aliphatic heterocycles. The van der Waals surface area contributed by atoms with Gasteiger partial charge in [-0.2, -0.15) is 5.10 Å². The van der Waals surface area contributed by atoms with E-state index in [0.29, 0.717) is 33.8 Å². The molecular weight excluding hydrogens is 421 g/mol. The molecule has 1 aromatic heterocycles. The Morgan fingerprint density at radius 2 is 1.82 bits per heavy atom. The van der Waals surface area contributed by atoms with Crippen LogP contribution in [0.5, 0.6) is 0 Å². The lowest BCUT2D eigenvalue weighted by Crippen LogP contribution is -2.29. The fourth-order valence-electron chi connectivity index (χ4n) is 4.19. The molecule has 33 heavy (non-hydrogen) atoms. The van der Waals surface area contributed by atoms with E-state index in [0.717, 1.165) is 5.56 Å². The summed E-state index contributed by atoms with van der Waals surface area (Å²) in [7, 11) is 0. The summed E-state index contributed by atoms with van der Waals surface area (Å²) < 4.78 is 19.3. The molecule has 0 spiro atoms. The number of H-pyrrole nitrogens is 1. The van der Waals surface area contributed by atoms with Crippen LogP contribution in [0.25, 0.3) is 11.3 Å². The summed E-state index contributed by atoms with van der Waals surface area (Å²) in [6, 6.07) is 21.8. The first-order valence-electron chi connectivity index (χ1n) is 10.6. The van der Waals surface area contributed by atoms with Crippen LogP contribution < -0.4 is 4.90 Å². The molecule has 1 N–H and O–H groups in total. The molecule has 0 saturated heterocycles. The zero-order valence-corrected chi connectivity index (χ0v) is 17.8. The number of hydrogen-bond donors (Lipinski definition) is 1. The monoisotopic (exact) mass is 441 g/mol. The fourth-order valence-corrected chi connectivity index (χ4v) is 4.19. The van der Waals surface area contributed by atoms with Crippen LogP contribution in [0.2, 0.25) is 0 Å². The Hall–Kier alpha value is -4.26. The van der Waals surface area contributed by atoms with Gasteiger partial charge in [0.05, 0.1) is 23.9 Å². The Balaban J connectivity index is 1.64. The molecule has 4 aromatic rings. The van der Waals surface area contributed by atoms with Crippen molar-refractivity contribution < 1.29 is 18.7 Å². The van der Waals surface area contributed by atoms with Crippen LogP contribution in [0.3, 0.4) is 0 Å². The topological polar surface area (TPSA) is 75.3 Å². The maximum atomic E-state index is 14.2. The number of hydrogen-bond acceptors (Lipinski definition) is 4. The van der Waals surface area contributed by atoms with Gasteiger partial charge in [-0.25, -0.2) is 9.18 Å². The molecule has 1 amide bonds. The number of halogens is 1. The second-order valence-electron chi connectivity index (χ2n) is 7.63. The highest BCUT2D eigenvalue weighted by Gasteiger charge is 2.43. The molecule has 2 heterocycles. The summed E-state index contributed by atoms with van der Waals surface area (Å²) in [6.45, 7) is 2.02. The van der Waals surface area contributed by atoms with Crippen LogP contribution in [-0.2, 0) is 4.74 Å². The van der Waals surface area contributed by atoms with Gasteiger partial charge >= 0.3 is 5.97 Å². The van der Waals surface area contributed by atoms with E-state index in [2.05, 4.69) is 10.2 Å². The van der Waals surface area contributed by atoms with Crippen LogP contribution >= 0.6 is 0 Å². The van der Waals surface area contributed by atoms with Gasteiger partial charge in [-0.3, -0.25) is 14.8 Å². The first kappa shape index (κ1) is 20.6. The van der Waals surface area contributed by atoms with Gasteiger partial charge in [0, 0.05) is 16.8 Å². The SMILES string of the molecule is CCOC(=O)c1ccc(N2C(=O)c3[nH]nc(-c4ccccc4)c3C2c2cccc(F)c2)cc1. The second-order valence-corrected chi connectivity index (χ2v) is 7.63. The lowest BCUT2D eigenvalue weighted by Gasteiger charge is -2.26. The van der Waals surface area contributed by atoms with E-state index in [4.69, 9.17) is 4.74 Å². The van der Waals surface area contributed by atoms with Crippen molar-refractivity contribution in [2.75, 3.05) is 11.5 Å². The summed E-state index contributed by atoms with van der Waals surface area (Å²) in [4.78, 5) is 27.1. The van der Waals surface area contributed by atoms with Gasteiger partial charge in [-0.15, -0.1) is 0 Å². The van der Waals surface area contributed by atoms with E-state index in [1.54, 1.807) is 48.2 Å². The van der Waals surface area contributed by atoms with Crippen molar-refractivity contribution in [2.45, 2.75) is 13.0 Å². The van der Waals surface area contributed by atoms with E-state index in [9.17, 15) is 14.0 Å². The minimum Gasteiger partial charge on any atom is -0.462 e. The van der Waals surface area contributed by atoms with Crippen LogP contribution in [0, 0.1) is 5.82 Å². The van der Waals surface area contributed by atoms with Crippen LogP contribution in [0.15, 0.2) is 78.9 Å². The number of aromatic amines is 1. The molecule has 6 nitrogen and oxygen atoms in total. The van der Waals surface area contributed by atoms with Crippen molar-refractivity contribution in [1.82, 2.24) is 10.2 Å². The third-order valence-corrected chi connectivity index (χ3v) is 5.64. The summed E-state index contributed by atoms with van der Waals surface area (Å²) in [6.07, 6.45) is 0. The molecule has 7 heteroatoms. The molecule has 1 aliphatic rings. The van der Waals surface area contributed by atoms with Gasteiger partial charge in [-0.1, -0.05) is 42.5 Å². The third kappa shape index (κ3) is 3.57. The lowest BCUT2D eigenvalue weighted by atomic mass is 9.95. The Bertz CT molecular complexity index is 1330. The Morgan fingerprint density at radius 1 is 1.06 bits per heavy atom. The largest absolute Gasteiger partial charge is 0.462 e. The van der Waals surface area contributed by atoms with Gasteiger partial charge in [-0.05, 0) is 48.9 Å². The molecule has 0 fully saturated rings. The number of carbonyl (C=O) groups is 2. The van der Waals surface area contributed by atoms with Crippen molar-refractivity contribution in [3.8, 4) is 11.3 Å². The van der Waals surface area contributed by atoms with Crippen molar-refractivity contribution in [3.63, 3.8) is 0 Å². The predicted octanol–water partition coefficient (Wildman–Crippen LogP) is 5.14. The second kappa shape index (κ2) is 8.35. The number of esters is 1. The standard InChI is InChI=1S/C26H20FN3O3/c1-2-33-26(32)17-11-13-20(14-12-17)30-24(18-9-6-10-19(27)15-18)21-22(16-7-4-3-5-8-16)28-29-23(21)25(30)31/h3-15,24H,2H2,1H3,(H,28,29). The van der Waals surface area contributed by atoms with E-state index >= 15 is 0 Å². The van der Waals surface area contributed by atoms with Gasteiger partial charge in [0.1, 0.15) is 11.5 Å². The number of anilines is 1. The van der Waals surface area contributed by atoms with Crippen LogP contribution in [-0.4, -0.2) is 28.7 Å². The quantitative estimate of drug-likeness (QED) is 0.435. The number of fused-ring (bicyclic) bond motifs is 1. The molecule has 0 radical (unpaired) electrons. The van der Waals surface area contributed by atoms with Gasteiger partial charge in [0.25, 0.3) is 5.91 Å². The number of carbonyl (C=O) groups excluding carboxylic acids is 2. The maximum absolute atomic E-state index is 14.2. The van der Waals surface area contributed by atoms with Gasteiger partial charge in [0.15, 0.2) is 0 Å². The zero-order valence-electron chi connectivity index (χ0n) is 17.8. The first-order chi connectivity index (χ1) is 16.1. The van der Waals surface area contributed by atoms with Crippen molar-refractivity contribution in [3.05, 3.63) is 107 Å². The van der Waals surface area contributed by atoms with E-state index < -0.39 is 17.8 Å². The van der Waals surface area contributed by atoms with Crippen LogP contribution in [0.1, 0.15) is 44.9 Å². The van der Waals surface area contributed by atoms with Gasteiger partial charge < -0.3 is 4.74 Å². The van der Waals surface area contributed by atoms with E-state index in [-0.39, 0.29) is 12.5 Å². The number of nitrogens with zero attached hydrogens (tertiary/aromatic N) is 2. The Morgan fingerprint density at radius 3 is 2.52 bits per heavy atom. The molecule has 164 valence electrons. The molecule has 1 atom stereocenters. The highest BCUT2D eigenvalue weighted by molar-refractivity contribution is 6.11. The number of rotatable bonds is 5. The molecule has 1 unspecified atom stereocenters. The maximum Gasteiger partial charge on any atom is 0.338 e.